The van der Waals surface area contributed by atoms with Crippen LogP contribution in [-0.2, 0) is 16.5 Å². The third-order valence-corrected chi connectivity index (χ3v) is 1.02. The van der Waals surface area contributed by atoms with Crippen LogP contribution < -0.4 is 0 Å². The summed E-state index contributed by atoms with van der Waals surface area (Å²) in [6, 6.07) is 0. The second-order valence-corrected chi connectivity index (χ2v) is 4.16. The van der Waals surface area contributed by atoms with Crippen LogP contribution in [0.2, 0.25) is 0 Å². The van der Waals surface area contributed by atoms with Gasteiger partial charge < -0.3 is 0 Å². The van der Waals surface area contributed by atoms with Crippen molar-refractivity contribution < 1.29 is 16.5 Å². The molecule has 0 heterocycles. The van der Waals surface area contributed by atoms with Gasteiger partial charge in [-0.3, -0.25) is 0 Å². The summed E-state index contributed by atoms with van der Waals surface area (Å²) >= 11 is 0. The van der Waals surface area contributed by atoms with E-state index in [1.165, 1.54) is 6.42 Å². The summed E-state index contributed by atoms with van der Waals surface area (Å²) in [6.45, 7) is 11.4. The molecule has 0 aromatic heterocycles. The molecule has 0 N–H and O–H groups in total. The largest absolute Gasteiger partial charge is 0.0628 e. The molecule has 0 unspecified atom stereocenters. The van der Waals surface area contributed by atoms with Gasteiger partial charge in [-0.05, 0) is 17.8 Å². The van der Waals surface area contributed by atoms with Crippen molar-refractivity contribution in [3.8, 4) is 0 Å². The van der Waals surface area contributed by atoms with Gasteiger partial charge in [-0.2, -0.15) is 0 Å². The van der Waals surface area contributed by atoms with Crippen molar-refractivity contribution >= 4 is 0 Å². The summed E-state index contributed by atoms with van der Waals surface area (Å²) in [5, 5.41) is 0. The van der Waals surface area contributed by atoms with Crippen molar-refractivity contribution in [1.29, 1.82) is 0 Å². The number of rotatable bonds is 1. The van der Waals surface area contributed by atoms with Crippen molar-refractivity contribution in [2.75, 3.05) is 0 Å². The van der Waals surface area contributed by atoms with Crippen molar-refractivity contribution in [3.05, 3.63) is 0 Å². The standard InChI is InChI=1S/C8H18.Ni/c1-7(2)6-8(3,4)5;/h7H,6H2,1-5H3;. The predicted molar refractivity (Wildman–Crippen MR) is 38.9 cm³/mol. The zero-order chi connectivity index (χ0) is 6.78. The SMILES string of the molecule is CC(C)CC(C)(C)C.[Ni]. The molecule has 0 saturated carbocycles. The molecule has 1 heteroatoms. The van der Waals surface area contributed by atoms with Crippen LogP contribution in [0.5, 0.6) is 0 Å². The van der Waals surface area contributed by atoms with Gasteiger partial charge in [0.1, 0.15) is 0 Å². The summed E-state index contributed by atoms with van der Waals surface area (Å²) in [4.78, 5) is 0. The molecule has 60 valence electrons. The van der Waals surface area contributed by atoms with Crippen molar-refractivity contribution in [2.45, 2.75) is 41.0 Å². The summed E-state index contributed by atoms with van der Waals surface area (Å²) in [7, 11) is 0. The fourth-order valence-electron chi connectivity index (χ4n) is 1.22. The Bertz CT molecular complexity index is 59.5. The van der Waals surface area contributed by atoms with Crippen LogP contribution in [0.15, 0.2) is 0 Å². The van der Waals surface area contributed by atoms with Crippen LogP contribution in [0, 0.1) is 11.3 Å². The molecule has 0 aliphatic carbocycles. The minimum absolute atomic E-state index is 0. The summed E-state index contributed by atoms with van der Waals surface area (Å²) in [5.41, 5.74) is 0.522. The Labute approximate surface area is 69.3 Å². The van der Waals surface area contributed by atoms with Gasteiger partial charge in [-0.15, -0.1) is 0 Å². The number of hydrogen-bond acceptors (Lipinski definition) is 0. The monoisotopic (exact) mass is 172 g/mol. The normalized spacial score (nSPS) is 11.3. The molecule has 0 saturated heterocycles. The van der Waals surface area contributed by atoms with Gasteiger partial charge in [-0.25, -0.2) is 0 Å². The van der Waals surface area contributed by atoms with E-state index in [1.54, 1.807) is 0 Å². The van der Waals surface area contributed by atoms with Crippen molar-refractivity contribution in [3.63, 3.8) is 0 Å². The Morgan fingerprint density at radius 1 is 1.11 bits per heavy atom. The molecule has 0 aromatic rings. The van der Waals surface area contributed by atoms with Crippen molar-refractivity contribution in [2.24, 2.45) is 11.3 Å². The molecule has 0 atom stereocenters. The molecular weight excluding hydrogens is 155 g/mol. The molecule has 0 radical (unpaired) electrons. The van der Waals surface area contributed by atoms with E-state index >= 15 is 0 Å². The van der Waals surface area contributed by atoms with Crippen molar-refractivity contribution in [1.82, 2.24) is 0 Å². The first kappa shape index (κ1) is 12.2. The second kappa shape index (κ2) is 4.33. The van der Waals surface area contributed by atoms with E-state index in [0.29, 0.717) is 5.41 Å². The zero-order valence-corrected chi connectivity index (χ0v) is 8.09. The smallest absolute Gasteiger partial charge is 0 e. The van der Waals surface area contributed by atoms with Gasteiger partial charge in [0.05, 0.1) is 0 Å². The molecule has 0 amide bonds. The summed E-state index contributed by atoms with van der Waals surface area (Å²) in [5.74, 6) is 0.843. The third-order valence-electron chi connectivity index (χ3n) is 1.02. The van der Waals surface area contributed by atoms with Gasteiger partial charge in [-0.1, -0.05) is 34.6 Å². The van der Waals surface area contributed by atoms with E-state index in [0.717, 1.165) is 5.92 Å². The average Bonchev–Trinajstić information content (AvgIpc) is 1.21. The van der Waals surface area contributed by atoms with Crippen LogP contribution >= 0.6 is 0 Å². The Hall–Kier alpha value is 0.494. The quantitative estimate of drug-likeness (QED) is 0.534. The van der Waals surface area contributed by atoms with Crippen LogP contribution in [0.4, 0.5) is 0 Å². The second-order valence-electron chi connectivity index (χ2n) is 4.16. The Kier molecular flexibility index (Phi) is 5.87. The minimum Gasteiger partial charge on any atom is -0.0628 e. The molecule has 0 aliphatic heterocycles. The molecular formula is C8H18Ni. The van der Waals surface area contributed by atoms with Gasteiger partial charge in [0.15, 0.2) is 0 Å². The maximum absolute atomic E-state index is 2.28. The van der Waals surface area contributed by atoms with Crippen LogP contribution in [0.3, 0.4) is 0 Å². The molecule has 0 aliphatic rings. The Balaban J connectivity index is 0. The van der Waals surface area contributed by atoms with E-state index in [9.17, 15) is 0 Å². The first-order chi connectivity index (χ1) is 3.42. The first-order valence-corrected chi connectivity index (χ1v) is 3.42. The van der Waals surface area contributed by atoms with Gasteiger partial charge >= 0.3 is 0 Å². The van der Waals surface area contributed by atoms with E-state index < -0.39 is 0 Å². The molecule has 0 fully saturated rings. The molecule has 9 heavy (non-hydrogen) atoms. The maximum atomic E-state index is 2.28. The Morgan fingerprint density at radius 3 is 1.44 bits per heavy atom. The average molecular weight is 173 g/mol. The topological polar surface area (TPSA) is 0 Å². The van der Waals surface area contributed by atoms with E-state index in [-0.39, 0.29) is 16.5 Å². The van der Waals surface area contributed by atoms with E-state index in [2.05, 4.69) is 34.6 Å². The summed E-state index contributed by atoms with van der Waals surface area (Å²) < 4.78 is 0. The van der Waals surface area contributed by atoms with Gasteiger partial charge in [0.25, 0.3) is 0 Å². The van der Waals surface area contributed by atoms with Crippen LogP contribution in [0.25, 0.3) is 0 Å². The van der Waals surface area contributed by atoms with Gasteiger partial charge in [0.2, 0.25) is 0 Å². The molecule has 0 aromatic carbocycles. The minimum atomic E-state index is 0. The van der Waals surface area contributed by atoms with E-state index in [4.69, 9.17) is 0 Å². The Morgan fingerprint density at radius 2 is 1.44 bits per heavy atom. The number of hydrogen-bond donors (Lipinski definition) is 0. The van der Waals surface area contributed by atoms with Gasteiger partial charge in [0, 0.05) is 16.5 Å². The van der Waals surface area contributed by atoms with Crippen LogP contribution in [0.1, 0.15) is 41.0 Å². The molecule has 0 nitrogen and oxygen atoms in total. The van der Waals surface area contributed by atoms with E-state index in [1.807, 2.05) is 0 Å². The first-order valence-electron chi connectivity index (χ1n) is 3.42. The predicted octanol–water partition coefficient (Wildman–Crippen LogP) is 3.08. The molecule has 0 spiro atoms. The third kappa shape index (κ3) is 11.9. The zero-order valence-electron chi connectivity index (χ0n) is 7.10. The fourth-order valence-corrected chi connectivity index (χ4v) is 1.22. The van der Waals surface area contributed by atoms with Crippen LogP contribution in [-0.4, -0.2) is 0 Å². The summed E-state index contributed by atoms with van der Waals surface area (Å²) in [6.07, 6.45) is 1.33. The molecule has 0 rings (SSSR count). The molecule has 0 bridgehead atoms. The fraction of sp³-hybridized carbons (Fsp3) is 1.00. The maximum Gasteiger partial charge on any atom is 0 e.